The summed E-state index contributed by atoms with van der Waals surface area (Å²) in [4.78, 5) is 13.3. The van der Waals surface area contributed by atoms with E-state index in [4.69, 9.17) is 21.3 Å². The van der Waals surface area contributed by atoms with Crippen molar-refractivity contribution in [3.05, 3.63) is 88.4 Å². The van der Waals surface area contributed by atoms with Gasteiger partial charge in [-0.1, -0.05) is 54.6 Å². The molecular weight excluding hydrogens is 412 g/mol. The van der Waals surface area contributed by atoms with Crippen LogP contribution in [-0.2, 0) is 12.6 Å². The Morgan fingerprint density at radius 3 is 2.39 bits per heavy atom. The molecule has 1 aliphatic carbocycles. The summed E-state index contributed by atoms with van der Waals surface area (Å²) in [5.74, 6) is 0.606. The Morgan fingerprint density at radius 2 is 1.79 bits per heavy atom. The van der Waals surface area contributed by atoms with E-state index in [1.807, 2.05) is 42.5 Å². The number of aromatic nitrogens is 1. The summed E-state index contributed by atoms with van der Waals surface area (Å²) < 4.78 is 7.91. The second kappa shape index (κ2) is 7.90. The van der Waals surface area contributed by atoms with E-state index in [1.165, 1.54) is 10.6 Å². The molecule has 2 heterocycles. The number of benzene rings is 2. The Bertz CT molecular complexity index is 1440. The smallest absolute Gasteiger partial charge is 0.262 e. The van der Waals surface area contributed by atoms with Crippen molar-refractivity contribution in [2.75, 3.05) is 0 Å². The van der Waals surface area contributed by atoms with Gasteiger partial charge in [-0.3, -0.25) is 4.79 Å². The molecular formula is C27H26N4O2. The summed E-state index contributed by atoms with van der Waals surface area (Å²) in [5.41, 5.74) is 17.3. The predicted molar refractivity (Wildman–Crippen MR) is 133 cm³/mol. The first-order valence-electron chi connectivity index (χ1n) is 11.0. The molecule has 5 N–H and O–H groups in total. The molecule has 0 amide bonds. The number of hydrogen-bond donors (Lipinski definition) is 3. The maximum Gasteiger partial charge on any atom is 0.262 e. The van der Waals surface area contributed by atoms with Gasteiger partial charge >= 0.3 is 0 Å². The Morgan fingerprint density at radius 1 is 1.09 bits per heavy atom. The minimum Gasteiger partial charge on any atom is -0.454 e. The largest absolute Gasteiger partial charge is 0.454 e. The van der Waals surface area contributed by atoms with Crippen molar-refractivity contribution in [2.24, 2.45) is 18.5 Å². The summed E-state index contributed by atoms with van der Waals surface area (Å²) in [6.45, 7) is 0. The van der Waals surface area contributed by atoms with E-state index in [0.29, 0.717) is 28.0 Å². The van der Waals surface area contributed by atoms with Gasteiger partial charge in [-0.15, -0.1) is 0 Å². The third kappa shape index (κ3) is 3.39. The lowest BCUT2D eigenvalue weighted by molar-refractivity contribution is 0.253. The summed E-state index contributed by atoms with van der Waals surface area (Å²) in [6.07, 6.45) is 7.39. The van der Waals surface area contributed by atoms with Gasteiger partial charge in [0.15, 0.2) is 5.58 Å². The van der Waals surface area contributed by atoms with Gasteiger partial charge in [-0.05, 0) is 36.5 Å². The van der Waals surface area contributed by atoms with Crippen molar-refractivity contribution in [2.45, 2.75) is 24.8 Å². The van der Waals surface area contributed by atoms with Crippen molar-refractivity contribution in [1.82, 2.24) is 4.57 Å². The molecule has 6 nitrogen and oxygen atoms in total. The maximum absolute atomic E-state index is 13.3. The lowest BCUT2D eigenvalue weighted by atomic mass is 9.72. The highest BCUT2D eigenvalue weighted by Crippen LogP contribution is 2.43. The first-order chi connectivity index (χ1) is 15.9. The van der Waals surface area contributed by atoms with Crippen LogP contribution < -0.4 is 17.0 Å². The van der Waals surface area contributed by atoms with E-state index in [9.17, 15) is 4.79 Å². The van der Waals surface area contributed by atoms with Crippen LogP contribution in [0.15, 0.2) is 76.1 Å². The van der Waals surface area contributed by atoms with Crippen LogP contribution in [0.5, 0.6) is 0 Å². The normalized spacial score (nSPS) is 15.4. The lowest BCUT2D eigenvalue weighted by Crippen LogP contribution is -2.43. The Balaban J connectivity index is 1.81. The fraction of sp³-hybridized carbons (Fsp3) is 0.185. The Kier molecular flexibility index (Phi) is 5.02. The molecule has 1 saturated carbocycles. The van der Waals surface area contributed by atoms with Gasteiger partial charge < -0.3 is 25.9 Å². The van der Waals surface area contributed by atoms with Crippen LogP contribution >= 0.6 is 0 Å². The van der Waals surface area contributed by atoms with Crippen molar-refractivity contribution in [1.29, 1.82) is 5.41 Å². The molecule has 2 aromatic carbocycles. The predicted octanol–water partition coefficient (Wildman–Crippen LogP) is 4.75. The number of rotatable bonds is 5. The van der Waals surface area contributed by atoms with Gasteiger partial charge in [-0.25, -0.2) is 0 Å². The average Bonchev–Trinajstić information content (AvgIpc) is 3.21. The molecule has 5 rings (SSSR count). The van der Waals surface area contributed by atoms with Gasteiger partial charge in [0.2, 0.25) is 0 Å². The quantitative estimate of drug-likeness (QED) is 0.390. The van der Waals surface area contributed by atoms with Crippen LogP contribution in [0.1, 0.15) is 30.4 Å². The SMILES string of the molecule is Cn1cc(/C(N)=C/C=N)c2oc(-c3ccc(C4(N)CCC4)cc3)c(-c3ccccc3)c2c1=O. The molecule has 0 spiro atoms. The van der Waals surface area contributed by atoms with Crippen molar-refractivity contribution >= 4 is 22.9 Å². The Hall–Kier alpha value is -3.90. The number of furan rings is 1. The molecule has 6 heteroatoms. The molecule has 0 unspecified atom stereocenters. The fourth-order valence-corrected chi connectivity index (χ4v) is 4.58. The molecule has 0 saturated heterocycles. The highest BCUT2D eigenvalue weighted by atomic mass is 16.3. The standard InChI is InChI=1S/C27H26N4O2/c1-31-16-20(21(29)12-15-28)25-23(26(31)32)22(17-6-3-2-4-7-17)24(33-25)18-8-10-19(11-9-18)27(30)13-5-14-27/h2-4,6-12,15-16,28H,5,13-14,29-30H2,1H3/b21-12-,28-15?. The molecule has 33 heavy (non-hydrogen) atoms. The highest BCUT2D eigenvalue weighted by Gasteiger charge is 2.34. The van der Waals surface area contributed by atoms with Crippen molar-refractivity contribution < 1.29 is 4.42 Å². The topological polar surface area (TPSA) is 111 Å². The molecule has 4 aromatic rings. The summed E-state index contributed by atoms with van der Waals surface area (Å²) in [6, 6.07) is 17.9. The number of hydrogen-bond acceptors (Lipinski definition) is 5. The fourth-order valence-electron chi connectivity index (χ4n) is 4.58. The molecule has 1 fully saturated rings. The minimum absolute atomic E-state index is 0.169. The number of nitrogens with zero attached hydrogens (tertiary/aromatic N) is 1. The maximum atomic E-state index is 13.3. The summed E-state index contributed by atoms with van der Waals surface area (Å²) >= 11 is 0. The zero-order valence-corrected chi connectivity index (χ0v) is 18.5. The van der Waals surface area contributed by atoms with E-state index >= 15 is 0 Å². The average molecular weight is 439 g/mol. The van der Waals surface area contributed by atoms with E-state index in [1.54, 1.807) is 13.2 Å². The zero-order valence-electron chi connectivity index (χ0n) is 18.5. The molecule has 0 aliphatic heterocycles. The molecule has 0 bridgehead atoms. The second-order valence-corrected chi connectivity index (χ2v) is 8.71. The van der Waals surface area contributed by atoms with Gasteiger partial charge in [-0.2, -0.15) is 0 Å². The second-order valence-electron chi connectivity index (χ2n) is 8.71. The van der Waals surface area contributed by atoms with E-state index < -0.39 is 0 Å². The third-order valence-electron chi connectivity index (χ3n) is 6.61. The highest BCUT2D eigenvalue weighted by molar-refractivity contribution is 6.05. The number of nitrogens with two attached hydrogens (primary N) is 2. The van der Waals surface area contributed by atoms with Crippen molar-refractivity contribution in [3.8, 4) is 22.5 Å². The molecule has 1 aliphatic rings. The van der Waals surface area contributed by atoms with Gasteiger partial charge in [0.25, 0.3) is 5.56 Å². The molecule has 0 atom stereocenters. The summed E-state index contributed by atoms with van der Waals surface area (Å²) in [7, 11) is 1.69. The van der Waals surface area contributed by atoms with Crippen LogP contribution in [0.2, 0.25) is 0 Å². The van der Waals surface area contributed by atoms with E-state index in [-0.39, 0.29) is 11.1 Å². The number of aryl methyl sites for hydroxylation is 1. The van der Waals surface area contributed by atoms with Gasteiger partial charge in [0, 0.05) is 41.8 Å². The van der Waals surface area contributed by atoms with Gasteiger partial charge in [0.05, 0.1) is 10.9 Å². The van der Waals surface area contributed by atoms with Crippen LogP contribution in [-0.4, -0.2) is 10.8 Å². The van der Waals surface area contributed by atoms with Crippen LogP contribution in [0, 0.1) is 5.41 Å². The zero-order chi connectivity index (χ0) is 23.2. The van der Waals surface area contributed by atoms with Crippen molar-refractivity contribution in [3.63, 3.8) is 0 Å². The van der Waals surface area contributed by atoms with E-state index in [2.05, 4.69) is 12.1 Å². The monoisotopic (exact) mass is 438 g/mol. The molecule has 0 radical (unpaired) electrons. The summed E-state index contributed by atoms with van der Waals surface area (Å²) in [5, 5.41) is 7.87. The molecule has 2 aromatic heterocycles. The third-order valence-corrected chi connectivity index (χ3v) is 6.61. The first kappa shape index (κ1) is 21.0. The van der Waals surface area contributed by atoms with E-state index in [0.717, 1.165) is 47.7 Å². The number of pyridine rings is 1. The lowest BCUT2D eigenvalue weighted by Gasteiger charge is -2.38. The number of fused-ring (bicyclic) bond motifs is 1. The van der Waals surface area contributed by atoms with Crippen LogP contribution in [0.4, 0.5) is 0 Å². The first-order valence-corrected chi connectivity index (χ1v) is 11.0. The number of allylic oxidation sites excluding steroid dienone is 1. The Labute approximate surface area is 191 Å². The van der Waals surface area contributed by atoms with Crippen LogP contribution in [0.25, 0.3) is 39.1 Å². The van der Waals surface area contributed by atoms with Gasteiger partial charge in [0.1, 0.15) is 5.76 Å². The minimum atomic E-state index is -0.246. The number of nitrogens with one attached hydrogen (secondary N) is 1. The van der Waals surface area contributed by atoms with Crippen LogP contribution in [0.3, 0.4) is 0 Å². The molecule has 166 valence electrons.